The molecule has 1 N–H and O–H groups in total. The molecule has 0 amide bonds. The van der Waals surface area contributed by atoms with E-state index in [0.717, 1.165) is 18.8 Å². The lowest BCUT2D eigenvalue weighted by atomic mass is 10.1. The fourth-order valence-electron chi connectivity index (χ4n) is 1.99. The van der Waals surface area contributed by atoms with Crippen LogP contribution < -0.4 is 10.1 Å². The van der Waals surface area contributed by atoms with Crippen LogP contribution in [0.25, 0.3) is 0 Å². The van der Waals surface area contributed by atoms with E-state index in [1.165, 1.54) is 16.7 Å². The molecule has 19 heavy (non-hydrogen) atoms. The van der Waals surface area contributed by atoms with Crippen LogP contribution in [0, 0.1) is 13.8 Å². The number of benzene rings is 1. The highest BCUT2D eigenvalue weighted by molar-refractivity contribution is 5.32. The Bertz CT molecular complexity index is 491. The zero-order chi connectivity index (χ0) is 13.5. The molecule has 0 aliphatic rings. The molecule has 1 aromatic carbocycles. The summed E-state index contributed by atoms with van der Waals surface area (Å²) in [4.78, 5) is 3.99. The van der Waals surface area contributed by atoms with Gasteiger partial charge in [-0.05, 0) is 54.8 Å². The van der Waals surface area contributed by atoms with Gasteiger partial charge in [-0.1, -0.05) is 6.07 Å². The van der Waals surface area contributed by atoms with Crippen LogP contribution in [0.3, 0.4) is 0 Å². The highest BCUT2D eigenvalue weighted by Crippen LogP contribution is 2.15. The van der Waals surface area contributed by atoms with Crippen LogP contribution in [0.4, 0.5) is 0 Å². The normalized spacial score (nSPS) is 10.4. The average molecular weight is 256 g/mol. The lowest BCUT2D eigenvalue weighted by Gasteiger charge is -2.09. The molecule has 3 nitrogen and oxygen atoms in total. The van der Waals surface area contributed by atoms with Gasteiger partial charge in [0.15, 0.2) is 0 Å². The summed E-state index contributed by atoms with van der Waals surface area (Å²) in [6.45, 7) is 6.52. The van der Waals surface area contributed by atoms with E-state index in [-0.39, 0.29) is 0 Å². The first kappa shape index (κ1) is 13.6. The largest absolute Gasteiger partial charge is 0.492 e. The molecular weight excluding hydrogens is 236 g/mol. The van der Waals surface area contributed by atoms with Crippen molar-refractivity contribution < 1.29 is 4.74 Å². The number of rotatable bonds is 6. The third-order valence-electron chi connectivity index (χ3n) is 2.82. The minimum Gasteiger partial charge on any atom is -0.492 e. The van der Waals surface area contributed by atoms with Crippen molar-refractivity contribution in [2.45, 2.75) is 20.4 Å². The minimum absolute atomic E-state index is 0.675. The van der Waals surface area contributed by atoms with Crippen LogP contribution in [0.5, 0.6) is 5.75 Å². The molecule has 100 valence electrons. The van der Waals surface area contributed by atoms with Crippen molar-refractivity contribution in [3.8, 4) is 5.75 Å². The molecule has 0 aliphatic carbocycles. The van der Waals surface area contributed by atoms with Gasteiger partial charge in [0, 0.05) is 25.5 Å². The number of ether oxygens (including phenoxy) is 1. The second-order valence-electron chi connectivity index (χ2n) is 4.70. The topological polar surface area (TPSA) is 34.1 Å². The van der Waals surface area contributed by atoms with Crippen molar-refractivity contribution in [2.24, 2.45) is 0 Å². The molecule has 2 aromatic rings. The van der Waals surface area contributed by atoms with Crippen molar-refractivity contribution in [1.29, 1.82) is 0 Å². The van der Waals surface area contributed by atoms with Gasteiger partial charge in [0.25, 0.3) is 0 Å². The van der Waals surface area contributed by atoms with Crippen molar-refractivity contribution >= 4 is 0 Å². The van der Waals surface area contributed by atoms with Crippen molar-refractivity contribution in [3.63, 3.8) is 0 Å². The smallest absolute Gasteiger partial charge is 0.119 e. The van der Waals surface area contributed by atoms with Gasteiger partial charge in [0.1, 0.15) is 12.4 Å². The number of aryl methyl sites for hydroxylation is 2. The molecule has 2 rings (SSSR count). The first-order chi connectivity index (χ1) is 9.24. The predicted molar refractivity (Wildman–Crippen MR) is 77.4 cm³/mol. The van der Waals surface area contributed by atoms with E-state index < -0.39 is 0 Å². The molecule has 0 radical (unpaired) electrons. The summed E-state index contributed by atoms with van der Waals surface area (Å²) >= 11 is 0. The number of hydrogen-bond acceptors (Lipinski definition) is 3. The quantitative estimate of drug-likeness (QED) is 0.807. The molecule has 0 saturated carbocycles. The minimum atomic E-state index is 0.675. The van der Waals surface area contributed by atoms with Gasteiger partial charge in [0.2, 0.25) is 0 Å². The van der Waals surface area contributed by atoms with E-state index in [2.05, 4.69) is 42.3 Å². The number of nitrogens with zero attached hydrogens (tertiary/aromatic N) is 1. The summed E-state index contributed by atoms with van der Waals surface area (Å²) in [5.41, 5.74) is 3.71. The van der Waals surface area contributed by atoms with Crippen LogP contribution in [-0.4, -0.2) is 18.1 Å². The Morgan fingerprint density at radius 1 is 1.05 bits per heavy atom. The zero-order valence-electron chi connectivity index (χ0n) is 11.5. The maximum atomic E-state index is 5.73. The monoisotopic (exact) mass is 256 g/mol. The van der Waals surface area contributed by atoms with Crippen molar-refractivity contribution in [1.82, 2.24) is 10.3 Å². The highest BCUT2D eigenvalue weighted by atomic mass is 16.5. The fraction of sp³-hybridized carbons (Fsp3) is 0.312. The molecule has 1 heterocycles. The van der Waals surface area contributed by atoms with Crippen molar-refractivity contribution in [2.75, 3.05) is 13.2 Å². The summed E-state index contributed by atoms with van der Waals surface area (Å²) in [6, 6.07) is 10.3. The van der Waals surface area contributed by atoms with Crippen LogP contribution in [0.2, 0.25) is 0 Å². The Labute approximate surface area is 114 Å². The first-order valence-corrected chi connectivity index (χ1v) is 6.55. The van der Waals surface area contributed by atoms with Gasteiger partial charge in [-0.3, -0.25) is 4.98 Å². The number of nitrogens with one attached hydrogen (secondary N) is 1. The van der Waals surface area contributed by atoms with Gasteiger partial charge in [-0.25, -0.2) is 0 Å². The van der Waals surface area contributed by atoms with E-state index in [9.17, 15) is 0 Å². The highest BCUT2D eigenvalue weighted by Gasteiger charge is 1.97. The second-order valence-corrected chi connectivity index (χ2v) is 4.70. The molecule has 0 spiro atoms. The molecule has 0 unspecified atom stereocenters. The fourth-order valence-corrected chi connectivity index (χ4v) is 1.99. The van der Waals surface area contributed by atoms with Crippen LogP contribution >= 0.6 is 0 Å². The van der Waals surface area contributed by atoms with E-state index in [0.29, 0.717) is 6.61 Å². The second kappa shape index (κ2) is 6.90. The number of hydrogen-bond donors (Lipinski definition) is 1. The van der Waals surface area contributed by atoms with Gasteiger partial charge in [-0.2, -0.15) is 0 Å². The van der Waals surface area contributed by atoms with Crippen LogP contribution in [0.1, 0.15) is 16.7 Å². The van der Waals surface area contributed by atoms with Gasteiger partial charge < -0.3 is 10.1 Å². The summed E-state index contributed by atoms with van der Waals surface area (Å²) in [5, 5.41) is 3.35. The summed E-state index contributed by atoms with van der Waals surface area (Å²) in [5.74, 6) is 0.947. The molecular formula is C16H20N2O. The van der Waals surface area contributed by atoms with Gasteiger partial charge >= 0.3 is 0 Å². The maximum Gasteiger partial charge on any atom is 0.119 e. The van der Waals surface area contributed by atoms with E-state index in [1.54, 1.807) is 0 Å². The van der Waals surface area contributed by atoms with Gasteiger partial charge in [-0.15, -0.1) is 0 Å². The SMILES string of the molecule is Cc1cc(C)cc(OCCNCc2ccncc2)c1. The summed E-state index contributed by atoms with van der Waals surface area (Å²) < 4.78 is 5.73. The Balaban J connectivity index is 1.69. The van der Waals surface area contributed by atoms with Crippen LogP contribution in [-0.2, 0) is 6.54 Å². The average Bonchev–Trinajstić information content (AvgIpc) is 2.38. The Morgan fingerprint density at radius 2 is 1.74 bits per heavy atom. The molecule has 1 aromatic heterocycles. The maximum absolute atomic E-state index is 5.73. The Kier molecular flexibility index (Phi) is 4.93. The molecule has 0 saturated heterocycles. The lowest BCUT2D eigenvalue weighted by Crippen LogP contribution is -2.20. The Morgan fingerprint density at radius 3 is 2.42 bits per heavy atom. The molecule has 0 fully saturated rings. The number of aromatic nitrogens is 1. The molecule has 0 bridgehead atoms. The third-order valence-corrected chi connectivity index (χ3v) is 2.82. The molecule has 0 atom stereocenters. The third kappa shape index (κ3) is 4.72. The van der Waals surface area contributed by atoms with E-state index in [4.69, 9.17) is 4.74 Å². The number of pyridine rings is 1. The predicted octanol–water partition coefficient (Wildman–Crippen LogP) is 2.87. The zero-order valence-corrected chi connectivity index (χ0v) is 11.5. The standard InChI is InChI=1S/C16H20N2O/c1-13-9-14(2)11-16(10-13)19-8-7-18-12-15-3-5-17-6-4-15/h3-6,9-11,18H,7-8,12H2,1-2H3. The van der Waals surface area contributed by atoms with E-state index in [1.807, 2.05) is 24.5 Å². The lowest BCUT2D eigenvalue weighted by molar-refractivity contribution is 0.313. The van der Waals surface area contributed by atoms with Crippen molar-refractivity contribution in [3.05, 3.63) is 59.4 Å². The van der Waals surface area contributed by atoms with Crippen LogP contribution in [0.15, 0.2) is 42.7 Å². The summed E-state index contributed by atoms with van der Waals surface area (Å²) in [6.07, 6.45) is 3.62. The Hall–Kier alpha value is -1.87. The molecule has 3 heteroatoms. The van der Waals surface area contributed by atoms with Gasteiger partial charge in [0.05, 0.1) is 0 Å². The summed E-state index contributed by atoms with van der Waals surface area (Å²) in [7, 11) is 0. The molecule has 0 aliphatic heterocycles. The first-order valence-electron chi connectivity index (χ1n) is 6.55. The van der Waals surface area contributed by atoms with E-state index >= 15 is 0 Å².